The van der Waals surface area contributed by atoms with E-state index in [-0.39, 0.29) is 16.1 Å². The van der Waals surface area contributed by atoms with Crippen molar-refractivity contribution in [3.05, 3.63) is 34.7 Å². The second-order valence-corrected chi connectivity index (χ2v) is 7.00. The van der Waals surface area contributed by atoms with Gasteiger partial charge < -0.3 is 14.1 Å². The summed E-state index contributed by atoms with van der Waals surface area (Å²) in [5.41, 5.74) is 0. The third kappa shape index (κ3) is 3.01. The lowest BCUT2D eigenvalue weighted by Crippen LogP contribution is -2.27. The number of carboxylic acids is 1. The molecule has 114 valence electrons. The fourth-order valence-electron chi connectivity index (χ4n) is 1.63. The topological polar surface area (TPSA) is 106 Å². The summed E-state index contributed by atoms with van der Waals surface area (Å²) in [6, 6.07) is 0.969. The van der Waals surface area contributed by atoms with Crippen LogP contribution in [0, 0.1) is 0 Å². The molecule has 0 spiro atoms. The van der Waals surface area contributed by atoms with Gasteiger partial charge in [0.05, 0.1) is 6.54 Å². The van der Waals surface area contributed by atoms with Crippen molar-refractivity contribution in [2.45, 2.75) is 11.4 Å². The molecule has 0 amide bonds. The minimum Gasteiger partial charge on any atom is -0.475 e. The molecule has 2 aromatic heterocycles. The summed E-state index contributed by atoms with van der Waals surface area (Å²) >= 11 is 2.93. The van der Waals surface area contributed by atoms with Crippen LogP contribution in [0.25, 0.3) is 0 Å². The first kappa shape index (κ1) is 15.7. The van der Waals surface area contributed by atoms with Crippen LogP contribution in [-0.2, 0) is 23.6 Å². The first-order chi connectivity index (χ1) is 9.73. The molecule has 2 aromatic rings. The summed E-state index contributed by atoms with van der Waals surface area (Å²) in [5, 5.41) is 8.83. The van der Waals surface area contributed by atoms with Crippen LogP contribution in [0.4, 0.5) is 0 Å². The van der Waals surface area contributed by atoms with Gasteiger partial charge in [0.15, 0.2) is 4.67 Å². The quantitative estimate of drug-likeness (QED) is 0.841. The molecule has 0 aliphatic carbocycles. The maximum absolute atomic E-state index is 12.4. The number of carbonyl (C=O) groups is 1. The van der Waals surface area contributed by atoms with E-state index in [0.717, 1.165) is 10.4 Å². The van der Waals surface area contributed by atoms with E-state index in [1.165, 1.54) is 7.05 Å². The highest BCUT2D eigenvalue weighted by atomic mass is 79.9. The summed E-state index contributed by atoms with van der Waals surface area (Å²) in [7, 11) is -0.771. The van der Waals surface area contributed by atoms with Gasteiger partial charge in [-0.05, 0) is 15.9 Å². The van der Waals surface area contributed by atoms with E-state index in [4.69, 9.17) is 9.52 Å². The van der Waals surface area contributed by atoms with E-state index < -0.39 is 21.8 Å². The molecule has 2 rings (SSSR count). The maximum atomic E-state index is 12.4. The van der Waals surface area contributed by atoms with Crippen molar-refractivity contribution in [2.24, 2.45) is 7.05 Å². The van der Waals surface area contributed by atoms with Crippen LogP contribution in [0.2, 0.25) is 0 Å². The van der Waals surface area contributed by atoms with Crippen LogP contribution < -0.4 is 0 Å². The number of furan rings is 1. The number of rotatable bonds is 5. The zero-order chi connectivity index (χ0) is 15.8. The molecule has 0 saturated carbocycles. The van der Waals surface area contributed by atoms with Crippen LogP contribution in [0.15, 0.2) is 32.4 Å². The smallest absolute Gasteiger partial charge is 0.371 e. The van der Waals surface area contributed by atoms with Crippen molar-refractivity contribution in [1.82, 2.24) is 13.9 Å². The van der Waals surface area contributed by atoms with E-state index >= 15 is 0 Å². The third-order valence-electron chi connectivity index (χ3n) is 2.84. The monoisotopic (exact) mass is 377 g/mol. The Labute approximate surface area is 129 Å². The van der Waals surface area contributed by atoms with E-state index in [9.17, 15) is 13.2 Å². The highest BCUT2D eigenvalue weighted by Crippen LogP contribution is 2.28. The number of aryl methyl sites for hydroxylation is 1. The Kier molecular flexibility index (Phi) is 4.21. The molecule has 1 N–H and O–H groups in total. The Morgan fingerprint density at radius 3 is 2.71 bits per heavy atom. The van der Waals surface area contributed by atoms with Crippen molar-refractivity contribution in [3.8, 4) is 0 Å². The van der Waals surface area contributed by atoms with Crippen LogP contribution in [0.5, 0.6) is 0 Å². The van der Waals surface area contributed by atoms with Gasteiger partial charge in [-0.1, -0.05) is 0 Å². The summed E-state index contributed by atoms with van der Waals surface area (Å²) in [5.74, 6) is -1.24. The van der Waals surface area contributed by atoms with E-state index in [0.29, 0.717) is 5.82 Å². The average Bonchev–Trinajstić information content (AvgIpc) is 2.96. The van der Waals surface area contributed by atoms with Gasteiger partial charge in [-0.3, -0.25) is 0 Å². The van der Waals surface area contributed by atoms with Crippen LogP contribution in [0.3, 0.4) is 0 Å². The van der Waals surface area contributed by atoms with Crippen molar-refractivity contribution < 1.29 is 22.7 Å². The zero-order valence-electron chi connectivity index (χ0n) is 11.1. The molecule has 0 radical (unpaired) electrons. The predicted octanol–water partition coefficient (Wildman–Crippen LogP) is 1.29. The summed E-state index contributed by atoms with van der Waals surface area (Å²) in [6.07, 6.45) is 3.26. The second kappa shape index (κ2) is 5.62. The number of carboxylic acid groups (broad SMARTS) is 1. The van der Waals surface area contributed by atoms with Crippen molar-refractivity contribution in [2.75, 3.05) is 7.05 Å². The minimum absolute atomic E-state index is 0.0475. The Morgan fingerprint density at radius 1 is 1.57 bits per heavy atom. The Bertz CT molecular complexity index is 780. The highest BCUT2D eigenvalue weighted by Gasteiger charge is 2.29. The van der Waals surface area contributed by atoms with Crippen LogP contribution >= 0.6 is 15.9 Å². The third-order valence-corrected chi connectivity index (χ3v) is 5.50. The average molecular weight is 378 g/mol. The molecule has 8 nitrogen and oxygen atoms in total. The van der Waals surface area contributed by atoms with Gasteiger partial charge in [0, 0.05) is 32.6 Å². The van der Waals surface area contributed by atoms with E-state index in [1.54, 1.807) is 24.0 Å². The number of halogens is 1. The van der Waals surface area contributed by atoms with Gasteiger partial charge in [-0.15, -0.1) is 0 Å². The fraction of sp³-hybridized carbons (Fsp3) is 0.273. The van der Waals surface area contributed by atoms with Gasteiger partial charge in [0.2, 0.25) is 15.8 Å². The molecule has 0 atom stereocenters. The van der Waals surface area contributed by atoms with Gasteiger partial charge in [0.1, 0.15) is 10.7 Å². The molecule has 2 heterocycles. The molecule has 0 unspecified atom stereocenters. The fourth-order valence-corrected chi connectivity index (χ4v) is 3.66. The second-order valence-electron chi connectivity index (χ2n) is 4.27. The standard InChI is InChI=1S/C11H12BrN3O5S/c1-14-4-3-13-9(14)6-15(2)21(18,19)8-5-7(11(16)17)20-10(8)12/h3-5H,6H2,1-2H3,(H,16,17). The molecule has 0 bridgehead atoms. The maximum Gasteiger partial charge on any atom is 0.371 e. The Morgan fingerprint density at radius 2 is 2.24 bits per heavy atom. The van der Waals surface area contributed by atoms with Gasteiger partial charge in [0.25, 0.3) is 0 Å². The number of imidazole rings is 1. The molecule has 21 heavy (non-hydrogen) atoms. The summed E-state index contributed by atoms with van der Waals surface area (Å²) in [4.78, 5) is 14.6. The lowest BCUT2D eigenvalue weighted by atomic mass is 10.5. The molecule has 0 fully saturated rings. The van der Waals surface area contributed by atoms with Crippen LogP contribution in [0.1, 0.15) is 16.4 Å². The number of nitrogens with zero attached hydrogens (tertiary/aromatic N) is 3. The van der Waals surface area contributed by atoms with Crippen molar-refractivity contribution in [3.63, 3.8) is 0 Å². The first-order valence-corrected chi connectivity index (χ1v) is 7.92. The van der Waals surface area contributed by atoms with Crippen LogP contribution in [-0.4, -0.2) is 40.4 Å². The lowest BCUT2D eigenvalue weighted by Gasteiger charge is -2.15. The SMILES string of the molecule is CN(Cc1nccn1C)S(=O)(=O)c1cc(C(=O)O)oc1Br. The van der Waals surface area contributed by atoms with Crippen molar-refractivity contribution in [1.29, 1.82) is 0 Å². The van der Waals surface area contributed by atoms with E-state index in [2.05, 4.69) is 20.9 Å². The largest absolute Gasteiger partial charge is 0.475 e. The number of hydrogen-bond donors (Lipinski definition) is 1. The first-order valence-electron chi connectivity index (χ1n) is 5.68. The van der Waals surface area contributed by atoms with Gasteiger partial charge in [-0.25, -0.2) is 18.2 Å². The summed E-state index contributed by atoms with van der Waals surface area (Å²) in [6.45, 7) is 0.0475. The van der Waals surface area contributed by atoms with E-state index in [1.807, 2.05) is 0 Å². The summed E-state index contributed by atoms with van der Waals surface area (Å²) < 4.78 is 32.3. The molecule has 10 heteroatoms. The highest BCUT2D eigenvalue weighted by molar-refractivity contribution is 9.10. The molecule has 0 aliphatic heterocycles. The number of hydrogen-bond acceptors (Lipinski definition) is 5. The molecule has 0 aromatic carbocycles. The Hall–Kier alpha value is -1.65. The Balaban J connectivity index is 2.33. The predicted molar refractivity (Wildman–Crippen MR) is 75.2 cm³/mol. The zero-order valence-corrected chi connectivity index (χ0v) is 13.5. The molecule has 0 aliphatic rings. The number of sulfonamides is 1. The van der Waals surface area contributed by atoms with Gasteiger partial charge >= 0.3 is 5.97 Å². The number of aromatic nitrogens is 2. The number of aromatic carboxylic acids is 1. The van der Waals surface area contributed by atoms with Crippen molar-refractivity contribution >= 4 is 31.9 Å². The molecule has 0 saturated heterocycles. The lowest BCUT2D eigenvalue weighted by molar-refractivity contribution is 0.0661. The normalized spacial score (nSPS) is 12.0. The molecular weight excluding hydrogens is 366 g/mol. The van der Waals surface area contributed by atoms with Gasteiger partial charge in [-0.2, -0.15) is 4.31 Å². The molecular formula is C11H12BrN3O5S. The minimum atomic E-state index is -3.90.